The van der Waals surface area contributed by atoms with E-state index in [-0.39, 0.29) is 6.10 Å². The maximum Gasteiger partial charge on any atom is 0.107 e. The van der Waals surface area contributed by atoms with Crippen LogP contribution in [0.25, 0.3) is 0 Å². The lowest BCUT2D eigenvalue weighted by Crippen LogP contribution is -2.11. The molecule has 0 radical (unpaired) electrons. The van der Waals surface area contributed by atoms with E-state index in [1.165, 1.54) is 0 Å². The van der Waals surface area contributed by atoms with Gasteiger partial charge in [0.1, 0.15) is 5.01 Å². The van der Waals surface area contributed by atoms with Crippen LogP contribution < -0.4 is 5.32 Å². The van der Waals surface area contributed by atoms with E-state index in [0.29, 0.717) is 19.8 Å². The van der Waals surface area contributed by atoms with Crippen LogP contribution in [0.3, 0.4) is 0 Å². The van der Waals surface area contributed by atoms with Crippen molar-refractivity contribution in [3.8, 4) is 0 Å². The van der Waals surface area contributed by atoms with Crippen LogP contribution in [0, 0.1) is 0 Å². The fraction of sp³-hybridized carbons (Fsp3) is 0.750. The van der Waals surface area contributed by atoms with Crippen molar-refractivity contribution >= 4 is 11.3 Å². The summed E-state index contributed by atoms with van der Waals surface area (Å²) in [7, 11) is 0. The molecule has 0 aliphatic carbocycles. The SMILES string of the molecule is CCNCc1nc(COCCOC(C)C)cs1. The lowest BCUT2D eigenvalue weighted by Gasteiger charge is -2.07. The molecule has 0 saturated carbocycles. The molecule has 5 heteroatoms. The Morgan fingerprint density at radius 3 is 2.94 bits per heavy atom. The number of rotatable bonds is 9. The summed E-state index contributed by atoms with van der Waals surface area (Å²) in [6, 6.07) is 0. The Morgan fingerprint density at radius 2 is 2.24 bits per heavy atom. The molecule has 0 aliphatic heterocycles. The average molecular weight is 258 g/mol. The Bertz CT molecular complexity index is 302. The van der Waals surface area contributed by atoms with Gasteiger partial charge in [0.25, 0.3) is 0 Å². The smallest absolute Gasteiger partial charge is 0.107 e. The number of hydrogen-bond donors (Lipinski definition) is 1. The first-order valence-corrected chi connectivity index (χ1v) is 6.93. The Balaban J connectivity index is 2.12. The molecule has 1 aromatic heterocycles. The van der Waals surface area contributed by atoms with Gasteiger partial charge in [0.05, 0.1) is 31.6 Å². The molecule has 0 aliphatic rings. The van der Waals surface area contributed by atoms with Crippen molar-refractivity contribution in [1.82, 2.24) is 10.3 Å². The largest absolute Gasteiger partial charge is 0.376 e. The minimum Gasteiger partial charge on any atom is -0.376 e. The van der Waals surface area contributed by atoms with Crippen LogP contribution in [-0.4, -0.2) is 30.8 Å². The van der Waals surface area contributed by atoms with Gasteiger partial charge in [-0.3, -0.25) is 0 Å². The fourth-order valence-corrected chi connectivity index (χ4v) is 2.00. The molecule has 0 unspecified atom stereocenters. The highest BCUT2D eigenvalue weighted by Gasteiger charge is 2.01. The lowest BCUT2D eigenvalue weighted by atomic mass is 10.5. The van der Waals surface area contributed by atoms with Crippen molar-refractivity contribution in [3.63, 3.8) is 0 Å². The number of thiazole rings is 1. The van der Waals surface area contributed by atoms with Gasteiger partial charge in [0.2, 0.25) is 0 Å². The van der Waals surface area contributed by atoms with E-state index in [9.17, 15) is 0 Å². The van der Waals surface area contributed by atoms with Gasteiger partial charge >= 0.3 is 0 Å². The topological polar surface area (TPSA) is 43.4 Å². The molecule has 0 aromatic carbocycles. The number of aromatic nitrogens is 1. The van der Waals surface area contributed by atoms with E-state index < -0.39 is 0 Å². The van der Waals surface area contributed by atoms with Crippen LogP contribution in [-0.2, 0) is 22.6 Å². The van der Waals surface area contributed by atoms with Crippen molar-refractivity contribution in [2.75, 3.05) is 19.8 Å². The zero-order chi connectivity index (χ0) is 12.5. The second kappa shape index (κ2) is 8.58. The standard InChI is InChI=1S/C12H22N2O2S/c1-4-13-7-12-14-11(9-17-12)8-15-5-6-16-10(2)3/h9-10,13H,4-8H2,1-3H3. The quantitative estimate of drug-likeness (QED) is 0.690. The predicted molar refractivity (Wildman–Crippen MR) is 70.2 cm³/mol. The minimum absolute atomic E-state index is 0.268. The third-order valence-electron chi connectivity index (χ3n) is 2.05. The second-order valence-corrected chi connectivity index (χ2v) is 4.93. The first-order valence-electron chi connectivity index (χ1n) is 6.05. The van der Waals surface area contributed by atoms with E-state index in [1.807, 2.05) is 13.8 Å². The molecular weight excluding hydrogens is 236 g/mol. The fourth-order valence-electron chi connectivity index (χ4n) is 1.25. The molecule has 17 heavy (non-hydrogen) atoms. The molecule has 4 nitrogen and oxygen atoms in total. The van der Waals surface area contributed by atoms with Gasteiger partial charge in [-0.2, -0.15) is 0 Å². The molecule has 0 spiro atoms. The Labute approximate surface area is 107 Å². The van der Waals surface area contributed by atoms with E-state index in [0.717, 1.165) is 23.8 Å². The Hall–Kier alpha value is -0.490. The van der Waals surface area contributed by atoms with Gasteiger partial charge in [-0.25, -0.2) is 4.98 Å². The molecule has 0 amide bonds. The molecule has 1 aromatic rings. The molecule has 1 heterocycles. The number of ether oxygens (including phenoxy) is 2. The predicted octanol–water partition coefficient (Wildman–Crippen LogP) is 2.19. The highest BCUT2D eigenvalue weighted by atomic mass is 32.1. The van der Waals surface area contributed by atoms with Crippen LogP contribution in [0.5, 0.6) is 0 Å². The van der Waals surface area contributed by atoms with Crippen LogP contribution >= 0.6 is 11.3 Å². The summed E-state index contributed by atoms with van der Waals surface area (Å²) in [5.41, 5.74) is 1.01. The van der Waals surface area contributed by atoms with Gasteiger partial charge in [-0.1, -0.05) is 6.92 Å². The summed E-state index contributed by atoms with van der Waals surface area (Å²) in [5.74, 6) is 0. The number of nitrogens with one attached hydrogen (secondary N) is 1. The third-order valence-corrected chi connectivity index (χ3v) is 2.95. The molecule has 0 fully saturated rings. The van der Waals surface area contributed by atoms with Crippen molar-refractivity contribution in [3.05, 3.63) is 16.1 Å². The summed E-state index contributed by atoms with van der Waals surface area (Å²) < 4.78 is 10.9. The maximum absolute atomic E-state index is 5.49. The third kappa shape index (κ3) is 6.73. The molecule has 0 atom stereocenters. The van der Waals surface area contributed by atoms with E-state index in [1.54, 1.807) is 11.3 Å². The zero-order valence-corrected chi connectivity index (χ0v) is 11.7. The second-order valence-electron chi connectivity index (χ2n) is 3.99. The summed E-state index contributed by atoms with van der Waals surface area (Å²) in [5, 5.41) is 6.42. The molecule has 98 valence electrons. The van der Waals surface area contributed by atoms with Crippen molar-refractivity contribution < 1.29 is 9.47 Å². The Kier molecular flexibility index (Phi) is 7.35. The highest BCUT2D eigenvalue weighted by Crippen LogP contribution is 2.10. The van der Waals surface area contributed by atoms with Gasteiger partial charge in [0, 0.05) is 11.9 Å². The lowest BCUT2D eigenvalue weighted by molar-refractivity contribution is 0.0136. The summed E-state index contributed by atoms with van der Waals surface area (Å²) in [6.45, 7) is 9.79. The number of hydrogen-bond acceptors (Lipinski definition) is 5. The van der Waals surface area contributed by atoms with Gasteiger partial charge in [-0.05, 0) is 20.4 Å². The summed E-state index contributed by atoms with van der Waals surface area (Å²) >= 11 is 1.67. The van der Waals surface area contributed by atoms with Crippen LogP contribution in [0.15, 0.2) is 5.38 Å². The van der Waals surface area contributed by atoms with E-state index in [2.05, 4.69) is 22.6 Å². The summed E-state index contributed by atoms with van der Waals surface area (Å²) in [4.78, 5) is 4.47. The molecule has 1 rings (SSSR count). The normalized spacial score (nSPS) is 11.3. The van der Waals surface area contributed by atoms with E-state index >= 15 is 0 Å². The maximum atomic E-state index is 5.49. The Morgan fingerprint density at radius 1 is 1.41 bits per heavy atom. The number of nitrogens with zero attached hydrogens (tertiary/aromatic N) is 1. The molecule has 1 N–H and O–H groups in total. The highest BCUT2D eigenvalue weighted by molar-refractivity contribution is 7.09. The summed E-state index contributed by atoms with van der Waals surface area (Å²) in [6.07, 6.45) is 0.268. The zero-order valence-electron chi connectivity index (χ0n) is 10.9. The monoisotopic (exact) mass is 258 g/mol. The van der Waals surface area contributed by atoms with Gasteiger partial charge in [0.15, 0.2) is 0 Å². The minimum atomic E-state index is 0.268. The van der Waals surface area contributed by atoms with Crippen molar-refractivity contribution in [2.45, 2.75) is 40.0 Å². The molecular formula is C12H22N2O2S. The van der Waals surface area contributed by atoms with Crippen molar-refractivity contribution in [2.24, 2.45) is 0 Å². The molecule has 0 bridgehead atoms. The van der Waals surface area contributed by atoms with Crippen LogP contribution in [0.4, 0.5) is 0 Å². The first kappa shape index (κ1) is 14.6. The molecule has 0 saturated heterocycles. The van der Waals surface area contributed by atoms with Gasteiger partial charge < -0.3 is 14.8 Å². The van der Waals surface area contributed by atoms with Crippen LogP contribution in [0.1, 0.15) is 31.5 Å². The average Bonchev–Trinajstić information content (AvgIpc) is 2.73. The van der Waals surface area contributed by atoms with E-state index in [4.69, 9.17) is 9.47 Å². The van der Waals surface area contributed by atoms with Crippen molar-refractivity contribution in [1.29, 1.82) is 0 Å². The van der Waals surface area contributed by atoms with Crippen LogP contribution in [0.2, 0.25) is 0 Å². The first-order chi connectivity index (χ1) is 8.22. The van der Waals surface area contributed by atoms with Gasteiger partial charge in [-0.15, -0.1) is 11.3 Å².